The molecule has 216 valence electrons. The number of carbonyl (C=O) groups excluding carboxylic acids is 3. The van der Waals surface area contributed by atoms with Gasteiger partial charge in [0.1, 0.15) is 11.6 Å². The summed E-state index contributed by atoms with van der Waals surface area (Å²) in [6.07, 6.45) is 6.54. The molecule has 3 fully saturated rings. The summed E-state index contributed by atoms with van der Waals surface area (Å²) in [4.78, 5) is 47.2. The van der Waals surface area contributed by atoms with Gasteiger partial charge in [-0.05, 0) is 75.6 Å². The van der Waals surface area contributed by atoms with E-state index in [2.05, 4.69) is 25.4 Å². The minimum atomic E-state index is -0.308. The van der Waals surface area contributed by atoms with Crippen LogP contribution in [0.2, 0.25) is 0 Å². The maximum absolute atomic E-state index is 13.4. The van der Waals surface area contributed by atoms with Gasteiger partial charge in [0.15, 0.2) is 10.9 Å². The molecule has 10 heteroatoms. The quantitative estimate of drug-likeness (QED) is 0.449. The zero-order valence-electron chi connectivity index (χ0n) is 23.5. The van der Waals surface area contributed by atoms with E-state index in [1.54, 1.807) is 6.92 Å². The molecule has 2 saturated heterocycles. The van der Waals surface area contributed by atoms with Crippen LogP contribution in [0.15, 0.2) is 24.3 Å². The van der Waals surface area contributed by atoms with E-state index in [0.29, 0.717) is 33.8 Å². The van der Waals surface area contributed by atoms with Crippen LogP contribution < -0.4 is 10.6 Å². The first kappa shape index (κ1) is 28.8. The lowest BCUT2D eigenvalue weighted by Gasteiger charge is -2.44. The molecule has 40 heavy (non-hydrogen) atoms. The van der Waals surface area contributed by atoms with Gasteiger partial charge in [0.05, 0.1) is 16.6 Å². The van der Waals surface area contributed by atoms with Gasteiger partial charge in [-0.3, -0.25) is 19.8 Å². The highest BCUT2D eigenvalue weighted by molar-refractivity contribution is 7.17. The number of hydrogen-bond acceptors (Lipinski definition) is 7. The molecule has 2 aromatic rings. The number of thiazole rings is 1. The van der Waals surface area contributed by atoms with Crippen LogP contribution in [0.5, 0.6) is 0 Å². The molecule has 2 N–H and O–H groups in total. The second kappa shape index (κ2) is 12.9. The van der Waals surface area contributed by atoms with Crippen molar-refractivity contribution in [2.75, 3.05) is 38.0 Å². The molecule has 5 rings (SSSR count). The van der Waals surface area contributed by atoms with Crippen molar-refractivity contribution in [1.82, 2.24) is 20.1 Å². The number of urea groups is 1. The number of aromatic nitrogens is 1. The molecular weight excluding hydrogens is 529 g/mol. The molecular formula is C30H40FN5O3S. The number of anilines is 1. The molecule has 8 nitrogen and oxygen atoms in total. The van der Waals surface area contributed by atoms with Crippen LogP contribution in [0, 0.1) is 24.6 Å². The number of amides is 2. The Morgan fingerprint density at radius 3 is 2.60 bits per heavy atom. The zero-order valence-corrected chi connectivity index (χ0v) is 24.3. The Morgan fingerprint density at radius 2 is 1.90 bits per heavy atom. The topological polar surface area (TPSA) is 94.6 Å². The smallest absolute Gasteiger partial charge is 0.321 e. The maximum atomic E-state index is 13.4. The third kappa shape index (κ3) is 7.14. The van der Waals surface area contributed by atoms with Crippen LogP contribution >= 0.6 is 11.3 Å². The first-order chi connectivity index (χ1) is 19.2. The number of rotatable bonds is 8. The minimum absolute atomic E-state index is 0.00755. The molecule has 2 amide bonds. The number of hydrogen-bond donors (Lipinski definition) is 2. The maximum Gasteiger partial charge on any atom is 0.321 e. The number of benzene rings is 1. The van der Waals surface area contributed by atoms with Gasteiger partial charge < -0.3 is 10.2 Å². The van der Waals surface area contributed by atoms with E-state index in [4.69, 9.17) is 0 Å². The minimum Gasteiger partial charge on any atom is -0.335 e. The zero-order chi connectivity index (χ0) is 28.2. The van der Waals surface area contributed by atoms with Crippen molar-refractivity contribution < 1.29 is 18.8 Å². The van der Waals surface area contributed by atoms with Gasteiger partial charge in [0.2, 0.25) is 0 Å². The lowest BCUT2D eigenvalue weighted by Crippen LogP contribution is -2.57. The fourth-order valence-corrected chi connectivity index (χ4v) is 7.61. The summed E-state index contributed by atoms with van der Waals surface area (Å²) in [5, 5.41) is 6.46. The number of ketones is 2. The van der Waals surface area contributed by atoms with Crippen LogP contribution in [0.1, 0.15) is 66.4 Å². The predicted octanol–water partition coefficient (Wildman–Crippen LogP) is 4.68. The molecule has 2 aliphatic heterocycles. The van der Waals surface area contributed by atoms with Crippen LogP contribution in [0.4, 0.5) is 14.3 Å². The van der Waals surface area contributed by atoms with Crippen LogP contribution in [0.3, 0.4) is 0 Å². The SMILES string of the molecule is CC(=O)c1sc(NC(=O)N[C@@H]2CCN(C3CCCC3=O)C[C@H]2CN2CCC[C@@H](Cc3ccc(F)cc3)C2)nc1C. The third-order valence-electron chi connectivity index (χ3n) is 8.67. The Hall–Kier alpha value is -2.69. The number of nitrogens with one attached hydrogen (secondary N) is 2. The van der Waals surface area contributed by atoms with Crippen LogP contribution in [-0.2, 0) is 11.2 Å². The first-order valence-corrected chi connectivity index (χ1v) is 15.4. The van der Waals surface area contributed by atoms with Crippen LogP contribution in [0.25, 0.3) is 0 Å². The van der Waals surface area contributed by atoms with Gasteiger partial charge in [-0.25, -0.2) is 14.2 Å². The number of likely N-dealkylation sites (tertiary alicyclic amines) is 2. The van der Waals surface area contributed by atoms with Crippen molar-refractivity contribution in [2.45, 2.75) is 70.9 Å². The summed E-state index contributed by atoms with van der Waals surface area (Å²) in [7, 11) is 0. The number of halogens is 1. The highest BCUT2D eigenvalue weighted by atomic mass is 32.1. The summed E-state index contributed by atoms with van der Waals surface area (Å²) in [6.45, 7) is 7.69. The molecule has 1 unspecified atom stereocenters. The van der Waals surface area contributed by atoms with Crippen molar-refractivity contribution in [3.05, 3.63) is 46.2 Å². The summed E-state index contributed by atoms with van der Waals surface area (Å²) in [6, 6.07) is 6.50. The van der Waals surface area contributed by atoms with E-state index in [1.165, 1.54) is 36.0 Å². The molecule has 0 bridgehead atoms. The Morgan fingerprint density at radius 1 is 1.10 bits per heavy atom. The second-order valence-corrected chi connectivity index (χ2v) is 12.7. The van der Waals surface area contributed by atoms with Gasteiger partial charge in [0, 0.05) is 51.5 Å². The molecule has 1 aromatic carbocycles. The fraction of sp³-hybridized carbons (Fsp3) is 0.600. The van der Waals surface area contributed by atoms with E-state index in [0.717, 1.165) is 71.2 Å². The average Bonchev–Trinajstić information content (AvgIpc) is 3.51. The molecule has 0 radical (unpaired) electrons. The van der Waals surface area contributed by atoms with E-state index in [9.17, 15) is 18.8 Å². The van der Waals surface area contributed by atoms with Gasteiger partial charge in [-0.15, -0.1) is 0 Å². The Balaban J connectivity index is 1.24. The van der Waals surface area contributed by atoms with E-state index in [1.807, 2.05) is 12.1 Å². The standard InChI is InChI=1S/C30H40FN5O3S/c1-19-28(20(2)37)40-30(32-19)34-29(39)33-25-12-14-36(26-6-3-7-27(26)38)18-23(25)17-35-13-4-5-22(16-35)15-21-8-10-24(31)11-9-21/h8-11,22-23,25-26H,3-7,12-18H2,1-2H3,(H2,32,33,34,39)/t22-,23+,25+,26?/m0/s1. The van der Waals surface area contributed by atoms with Gasteiger partial charge in [-0.2, -0.15) is 0 Å². The van der Waals surface area contributed by atoms with Crippen molar-refractivity contribution in [3.63, 3.8) is 0 Å². The van der Waals surface area contributed by atoms with Gasteiger partial charge in [-0.1, -0.05) is 23.5 Å². The lowest BCUT2D eigenvalue weighted by molar-refractivity contribution is -0.122. The molecule has 1 aromatic heterocycles. The average molecular weight is 570 g/mol. The Kier molecular flexibility index (Phi) is 9.27. The normalized spacial score (nSPS) is 26.1. The molecule has 1 saturated carbocycles. The number of piperidine rings is 2. The third-order valence-corrected chi connectivity index (χ3v) is 9.84. The number of Topliss-reactive ketones (excluding diaryl/α,β-unsaturated/α-hetero) is 2. The summed E-state index contributed by atoms with van der Waals surface area (Å²) in [5.41, 5.74) is 1.79. The van der Waals surface area contributed by atoms with Crippen molar-refractivity contribution in [1.29, 1.82) is 0 Å². The van der Waals surface area contributed by atoms with E-state index >= 15 is 0 Å². The first-order valence-electron chi connectivity index (χ1n) is 14.5. The molecule has 3 aliphatic rings. The second-order valence-electron chi connectivity index (χ2n) is 11.7. The largest absolute Gasteiger partial charge is 0.335 e. The lowest BCUT2D eigenvalue weighted by atomic mass is 9.87. The molecule has 1 aliphatic carbocycles. The highest BCUT2D eigenvalue weighted by Crippen LogP contribution is 2.29. The summed E-state index contributed by atoms with van der Waals surface area (Å²) < 4.78 is 13.4. The van der Waals surface area contributed by atoms with Crippen molar-refractivity contribution in [2.24, 2.45) is 11.8 Å². The van der Waals surface area contributed by atoms with E-state index < -0.39 is 0 Å². The molecule has 0 spiro atoms. The molecule has 4 atom stereocenters. The van der Waals surface area contributed by atoms with Crippen LogP contribution in [-0.4, -0.2) is 77.2 Å². The fourth-order valence-electron chi connectivity index (χ4n) is 6.75. The number of aryl methyl sites for hydroxylation is 1. The molecule has 3 heterocycles. The highest BCUT2D eigenvalue weighted by Gasteiger charge is 2.38. The van der Waals surface area contributed by atoms with Gasteiger partial charge in [0.25, 0.3) is 0 Å². The summed E-state index contributed by atoms with van der Waals surface area (Å²) >= 11 is 1.20. The Labute approximate surface area is 239 Å². The summed E-state index contributed by atoms with van der Waals surface area (Å²) in [5.74, 6) is 0.776. The monoisotopic (exact) mass is 569 g/mol. The van der Waals surface area contributed by atoms with Crippen molar-refractivity contribution in [3.8, 4) is 0 Å². The Bertz CT molecular complexity index is 1220. The number of carbonyl (C=O) groups is 3. The number of nitrogens with zero attached hydrogens (tertiary/aromatic N) is 3. The van der Waals surface area contributed by atoms with Crippen molar-refractivity contribution >= 4 is 34.1 Å². The van der Waals surface area contributed by atoms with Gasteiger partial charge >= 0.3 is 6.03 Å². The van der Waals surface area contributed by atoms with E-state index in [-0.39, 0.29) is 35.6 Å². The predicted molar refractivity (Wildman–Crippen MR) is 154 cm³/mol.